The number of nitrogens with zero attached hydrogens (tertiary/aromatic N) is 1. The number of halogens is 2. The maximum atomic E-state index is 13.5. The van der Waals surface area contributed by atoms with E-state index in [1.54, 1.807) is 0 Å². The molecule has 2 rings (SSSR count). The maximum absolute atomic E-state index is 13.5. The zero-order valence-corrected chi connectivity index (χ0v) is 13.3. The summed E-state index contributed by atoms with van der Waals surface area (Å²) in [6.07, 6.45) is 0. The molecule has 20 heavy (non-hydrogen) atoms. The number of rotatable bonds is 5. The molecule has 8 heteroatoms. The van der Waals surface area contributed by atoms with Gasteiger partial charge in [0, 0.05) is 37.2 Å². The molecule has 0 radical (unpaired) electrons. The van der Waals surface area contributed by atoms with Crippen LogP contribution in [0.2, 0.25) is 0 Å². The van der Waals surface area contributed by atoms with E-state index in [0.29, 0.717) is 11.0 Å². The molecule has 0 saturated carbocycles. The molecule has 2 N–H and O–H groups in total. The highest BCUT2D eigenvalue weighted by Gasteiger charge is 2.17. The molecule has 1 aromatic rings. The average molecular weight is 366 g/mol. The van der Waals surface area contributed by atoms with Gasteiger partial charge in [0.1, 0.15) is 5.82 Å². The summed E-state index contributed by atoms with van der Waals surface area (Å²) < 4.78 is 40.4. The molecule has 1 saturated heterocycles. The highest BCUT2D eigenvalue weighted by Crippen LogP contribution is 2.21. The Kier molecular flexibility index (Phi) is 5.36. The van der Waals surface area contributed by atoms with Crippen LogP contribution in [0, 0.1) is 5.82 Å². The maximum Gasteiger partial charge on any atom is 0.234 e. The Morgan fingerprint density at radius 2 is 2.05 bits per heavy atom. The van der Waals surface area contributed by atoms with Crippen molar-refractivity contribution in [2.45, 2.75) is 0 Å². The molecule has 0 amide bonds. The Morgan fingerprint density at radius 1 is 1.35 bits per heavy atom. The van der Waals surface area contributed by atoms with Crippen molar-refractivity contribution in [2.24, 2.45) is 0 Å². The quantitative estimate of drug-likeness (QED) is 0.823. The second-order valence-corrected chi connectivity index (χ2v) is 7.39. The second kappa shape index (κ2) is 6.84. The van der Waals surface area contributed by atoms with Gasteiger partial charge in [-0.3, -0.25) is 9.62 Å². The summed E-state index contributed by atoms with van der Waals surface area (Å²) in [5, 5.41) is 3.20. The normalized spacial score (nSPS) is 17.1. The number of hydrogen-bond donors (Lipinski definition) is 2. The van der Waals surface area contributed by atoms with Gasteiger partial charge in [0.25, 0.3) is 0 Å². The van der Waals surface area contributed by atoms with Gasteiger partial charge in [-0.05, 0) is 18.2 Å². The van der Waals surface area contributed by atoms with Crippen molar-refractivity contribution in [2.75, 3.05) is 43.2 Å². The SMILES string of the molecule is O=S(=O)(CCN1CCNCC1)Nc1cc(Br)ccc1F. The first-order valence-electron chi connectivity index (χ1n) is 6.35. The van der Waals surface area contributed by atoms with E-state index in [0.717, 1.165) is 26.2 Å². The predicted molar refractivity (Wildman–Crippen MR) is 80.8 cm³/mol. The number of piperazine rings is 1. The Bertz CT molecular complexity index is 562. The van der Waals surface area contributed by atoms with Gasteiger partial charge in [-0.15, -0.1) is 0 Å². The summed E-state index contributed by atoms with van der Waals surface area (Å²) in [6, 6.07) is 4.16. The number of anilines is 1. The number of nitrogens with one attached hydrogen (secondary N) is 2. The first kappa shape index (κ1) is 15.7. The summed E-state index contributed by atoms with van der Waals surface area (Å²) >= 11 is 3.19. The fourth-order valence-corrected chi connectivity index (χ4v) is 3.43. The van der Waals surface area contributed by atoms with Crippen molar-refractivity contribution >= 4 is 31.6 Å². The van der Waals surface area contributed by atoms with Crippen LogP contribution in [-0.4, -0.2) is 51.8 Å². The number of hydrogen-bond acceptors (Lipinski definition) is 4. The monoisotopic (exact) mass is 365 g/mol. The minimum absolute atomic E-state index is 0.0281. The van der Waals surface area contributed by atoms with E-state index < -0.39 is 15.8 Å². The summed E-state index contributed by atoms with van der Waals surface area (Å²) in [5.41, 5.74) is -0.0281. The van der Waals surface area contributed by atoms with Crippen molar-refractivity contribution in [3.63, 3.8) is 0 Å². The first-order valence-corrected chi connectivity index (χ1v) is 8.79. The van der Waals surface area contributed by atoms with Crippen LogP contribution in [0.3, 0.4) is 0 Å². The summed E-state index contributed by atoms with van der Waals surface area (Å²) in [5.74, 6) is -0.627. The zero-order chi connectivity index (χ0) is 14.6. The zero-order valence-electron chi connectivity index (χ0n) is 10.9. The standard InChI is InChI=1S/C12H17BrFN3O2S/c13-10-1-2-11(14)12(9-10)16-20(18,19)8-7-17-5-3-15-4-6-17/h1-2,9,15-16H,3-8H2. The van der Waals surface area contributed by atoms with Gasteiger partial charge >= 0.3 is 0 Å². The Balaban J connectivity index is 1.94. The minimum atomic E-state index is -3.55. The molecule has 5 nitrogen and oxygen atoms in total. The van der Waals surface area contributed by atoms with Crippen LogP contribution in [0.4, 0.5) is 10.1 Å². The van der Waals surface area contributed by atoms with Crippen LogP contribution in [0.25, 0.3) is 0 Å². The van der Waals surface area contributed by atoms with Crippen molar-refractivity contribution in [3.8, 4) is 0 Å². The molecule has 1 aromatic carbocycles. The average Bonchev–Trinajstić information content (AvgIpc) is 2.42. The molecule has 0 spiro atoms. The van der Waals surface area contributed by atoms with Crippen LogP contribution in [0.5, 0.6) is 0 Å². The molecule has 1 aliphatic rings. The Labute approximate surface area is 126 Å². The Morgan fingerprint density at radius 3 is 2.75 bits per heavy atom. The third-order valence-electron chi connectivity index (χ3n) is 3.08. The van der Waals surface area contributed by atoms with E-state index in [1.807, 2.05) is 0 Å². The van der Waals surface area contributed by atoms with E-state index in [2.05, 4.69) is 30.9 Å². The van der Waals surface area contributed by atoms with Gasteiger partial charge in [0.15, 0.2) is 0 Å². The number of benzene rings is 1. The first-order chi connectivity index (χ1) is 9.46. The molecule has 1 heterocycles. The third kappa shape index (κ3) is 4.69. The molecule has 0 atom stereocenters. The van der Waals surface area contributed by atoms with E-state index in [4.69, 9.17) is 0 Å². The van der Waals surface area contributed by atoms with Crippen molar-refractivity contribution in [1.82, 2.24) is 10.2 Å². The number of sulfonamides is 1. The lowest BCUT2D eigenvalue weighted by molar-refractivity contribution is 0.254. The predicted octanol–water partition coefficient (Wildman–Crippen LogP) is 1.24. The van der Waals surface area contributed by atoms with Gasteiger partial charge in [0.2, 0.25) is 10.0 Å². The molecular formula is C12H17BrFN3O2S. The Hall–Kier alpha value is -0.700. The minimum Gasteiger partial charge on any atom is -0.314 e. The molecule has 0 aromatic heterocycles. The molecule has 0 aliphatic carbocycles. The highest BCUT2D eigenvalue weighted by atomic mass is 79.9. The third-order valence-corrected chi connectivity index (χ3v) is 4.82. The molecule has 0 bridgehead atoms. The van der Waals surface area contributed by atoms with E-state index in [-0.39, 0.29) is 11.4 Å². The second-order valence-electron chi connectivity index (χ2n) is 4.64. The van der Waals surface area contributed by atoms with E-state index in [9.17, 15) is 12.8 Å². The van der Waals surface area contributed by atoms with Crippen molar-refractivity contribution in [3.05, 3.63) is 28.5 Å². The molecule has 1 aliphatic heterocycles. The molecule has 1 fully saturated rings. The van der Waals surface area contributed by atoms with Crippen molar-refractivity contribution in [1.29, 1.82) is 0 Å². The fourth-order valence-electron chi connectivity index (χ4n) is 1.98. The smallest absolute Gasteiger partial charge is 0.234 e. The van der Waals surface area contributed by atoms with Gasteiger partial charge in [0.05, 0.1) is 11.4 Å². The summed E-state index contributed by atoms with van der Waals surface area (Å²) in [6.45, 7) is 3.86. The van der Waals surface area contributed by atoms with Gasteiger partial charge in [-0.2, -0.15) is 0 Å². The fraction of sp³-hybridized carbons (Fsp3) is 0.500. The lowest BCUT2D eigenvalue weighted by Gasteiger charge is -2.26. The van der Waals surface area contributed by atoms with Crippen LogP contribution < -0.4 is 10.0 Å². The van der Waals surface area contributed by atoms with Gasteiger partial charge < -0.3 is 5.32 Å². The van der Waals surface area contributed by atoms with Crippen molar-refractivity contribution < 1.29 is 12.8 Å². The van der Waals surface area contributed by atoms with Crippen LogP contribution in [0.15, 0.2) is 22.7 Å². The van der Waals surface area contributed by atoms with E-state index >= 15 is 0 Å². The lowest BCUT2D eigenvalue weighted by Crippen LogP contribution is -2.45. The highest BCUT2D eigenvalue weighted by molar-refractivity contribution is 9.10. The largest absolute Gasteiger partial charge is 0.314 e. The summed E-state index contributed by atoms with van der Waals surface area (Å²) in [4.78, 5) is 2.08. The lowest BCUT2D eigenvalue weighted by atomic mass is 10.3. The topological polar surface area (TPSA) is 61.4 Å². The molecule has 0 unspecified atom stereocenters. The van der Waals surface area contributed by atoms with Gasteiger partial charge in [-0.25, -0.2) is 12.8 Å². The van der Waals surface area contributed by atoms with Crippen LogP contribution in [-0.2, 0) is 10.0 Å². The molecule has 112 valence electrons. The van der Waals surface area contributed by atoms with Gasteiger partial charge in [-0.1, -0.05) is 15.9 Å². The van der Waals surface area contributed by atoms with Crippen LogP contribution >= 0.6 is 15.9 Å². The van der Waals surface area contributed by atoms with Crippen LogP contribution in [0.1, 0.15) is 0 Å². The summed E-state index contributed by atoms with van der Waals surface area (Å²) in [7, 11) is -3.55. The molecular weight excluding hydrogens is 349 g/mol. The van der Waals surface area contributed by atoms with E-state index in [1.165, 1.54) is 18.2 Å².